The molecule has 0 bridgehead atoms. The molecule has 48 valence electrons. The molecule has 0 amide bonds. The molecule has 1 aliphatic heterocycles. The van der Waals surface area contributed by atoms with Crippen LogP contribution in [0.15, 0.2) is 0 Å². The first-order valence-electron chi connectivity index (χ1n) is 2.92. The average molecular weight is 116 g/mol. The zero-order valence-corrected chi connectivity index (χ0v) is 5.05. The van der Waals surface area contributed by atoms with E-state index in [1.54, 1.807) is 0 Å². The lowest BCUT2D eigenvalue weighted by molar-refractivity contribution is 0.113. The van der Waals surface area contributed by atoms with Crippen LogP contribution in [0.2, 0.25) is 0 Å². The van der Waals surface area contributed by atoms with Crippen LogP contribution in [0.4, 0.5) is 0 Å². The largest absolute Gasteiger partial charge is 0.377 e. The highest BCUT2D eigenvalue weighted by Crippen LogP contribution is 2.10. The van der Waals surface area contributed by atoms with Gasteiger partial charge in [0.15, 0.2) is 0 Å². The Bertz CT molecular complexity index is 76.8. The predicted octanol–water partition coefficient (Wildman–Crippen LogP) is -0.373. The Balaban J connectivity index is 2.30. The van der Waals surface area contributed by atoms with Gasteiger partial charge in [0.25, 0.3) is 0 Å². The van der Waals surface area contributed by atoms with Gasteiger partial charge in [-0.05, 0) is 13.3 Å². The summed E-state index contributed by atoms with van der Waals surface area (Å²) in [6, 6.07) is 0.370. The molecule has 1 saturated heterocycles. The van der Waals surface area contributed by atoms with E-state index in [-0.39, 0.29) is 0 Å². The molecule has 3 N–H and O–H groups in total. The highest BCUT2D eigenvalue weighted by atomic mass is 16.5. The molecular formula is C5H12N2O. The number of ether oxygens (including phenoxy) is 1. The molecule has 0 unspecified atom stereocenters. The van der Waals surface area contributed by atoms with E-state index in [2.05, 4.69) is 5.43 Å². The molecule has 1 fully saturated rings. The van der Waals surface area contributed by atoms with E-state index in [1.807, 2.05) is 6.92 Å². The Hall–Kier alpha value is -0.120. The second-order valence-corrected chi connectivity index (χ2v) is 2.14. The van der Waals surface area contributed by atoms with Crippen LogP contribution in [-0.4, -0.2) is 18.8 Å². The molecular weight excluding hydrogens is 104 g/mol. The van der Waals surface area contributed by atoms with E-state index in [1.165, 1.54) is 0 Å². The van der Waals surface area contributed by atoms with Crippen molar-refractivity contribution >= 4 is 0 Å². The molecule has 0 aromatic heterocycles. The SMILES string of the molecule is C[C@@H]1OCC[C@@H]1NN. The third-order valence-corrected chi connectivity index (χ3v) is 1.59. The second kappa shape index (κ2) is 2.44. The van der Waals surface area contributed by atoms with Crippen LogP contribution in [0, 0.1) is 0 Å². The maximum atomic E-state index is 5.21. The Labute approximate surface area is 49.2 Å². The number of nitrogens with one attached hydrogen (secondary N) is 1. The lowest BCUT2D eigenvalue weighted by atomic mass is 10.2. The maximum Gasteiger partial charge on any atom is 0.0714 e. The van der Waals surface area contributed by atoms with Gasteiger partial charge in [-0.1, -0.05) is 0 Å². The van der Waals surface area contributed by atoms with Crippen LogP contribution in [-0.2, 0) is 4.74 Å². The fourth-order valence-electron chi connectivity index (χ4n) is 0.951. The highest BCUT2D eigenvalue weighted by molar-refractivity contribution is 4.76. The van der Waals surface area contributed by atoms with E-state index in [9.17, 15) is 0 Å². The van der Waals surface area contributed by atoms with Gasteiger partial charge in [0.05, 0.1) is 6.10 Å². The van der Waals surface area contributed by atoms with Gasteiger partial charge in [-0.2, -0.15) is 0 Å². The molecule has 3 heteroatoms. The van der Waals surface area contributed by atoms with Gasteiger partial charge in [-0.25, -0.2) is 0 Å². The van der Waals surface area contributed by atoms with Crippen molar-refractivity contribution in [3.63, 3.8) is 0 Å². The van der Waals surface area contributed by atoms with Crippen LogP contribution in [0.3, 0.4) is 0 Å². The second-order valence-electron chi connectivity index (χ2n) is 2.14. The first-order valence-corrected chi connectivity index (χ1v) is 2.92. The lowest BCUT2D eigenvalue weighted by Gasteiger charge is -2.10. The molecule has 0 saturated carbocycles. The smallest absolute Gasteiger partial charge is 0.0714 e. The first kappa shape index (κ1) is 6.01. The summed E-state index contributed by atoms with van der Waals surface area (Å²) in [5.74, 6) is 5.19. The molecule has 0 aromatic carbocycles. The van der Waals surface area contributed by atoms with Gasteiger partial charge in [-0.3, -0.25) is 11.3 Å². The van der Waals surface area contributed by atoms with Crippen LogP contribution in [0.5, 0.6) is 0 Å². The normalized spacial score (nSPS) is 38.2. The minimum absolute atomic E-state index is 0.292. The molecule has 1 heterocycles. The summed E-state index contributed by atoms with van der Waals surface area (Å²) in [4.78, 5) is 0. The van der Waals surface area contributed by atoms with Crippen molar-refractivity contribution in [1.82, 2.24) is 5.43 Å². The van der Waals surface area contributed by atoms with E-state index in [0.29, 0.717) is 12.1 Å². The molecule has 0 aliphatic carbocycles. The number of rotatable bonds is 1. The number of hydrogen-bond donors (Lipinski definition) is 2. The molecule has 0 radical (unpaired) electrons. The predicted molar refractivity (Wildman–Crippen MR) is 31.1 cm³/mol. The van der Waals surface area contributed by atoms with Crippen molar-refractivity contribution in [2.75, 3.05) is 6.61 Å². The average Bonchev–Trinajstić information content (AvgIpc) is 2.14. The number of hydrogen-bond acceptors (Lipinski definition) is 3. The fraction of sp³-hybridized carbons (Fsp3) is 1.00. The van der Waals surface area contributed by atoms with Gasteiger partial charge in [0, 0.05) is 12.6 Å². The van der Waals surface area contributed by atoms with E-state index in [0.717, 1.165) is 13.0 Å². The van der Waals surface area contributed by atoms with Gasteiger partial charge in [0.2, 0.25) is 0 Å². The van der Waals surface area contributed by atoms with Crippen LogP contribution in [0.25, 0.3) is 0 Å². The third kappa shape index (κ3) is 0.992. The minimum Gasteiger partial charge on any atom is -0.377 e. The molecule has 0 spiro atoms. The standard InChI is InChI=1S/C5H12N2O/c1-4-5(7-6)2-3-8-4/h4-5,7H,2-3,6H2,1H3/t4-,5-/m0/s1. The maximum absolute atomic E-state index is 5.21. The zero-order chi connectivity index (χ0) is 5.98. The first-order chi connectivity index (χ1) is 3.84. The number of nitrogens with two attached hydrogens (primary N) is 1. The summed E-state index contributed by atoms with van der Waals surface area (Å²) < 4.78 is 5.21. The van der Waals surface area contributed by atoms with Crippen LogP contribution < -0.4 is 11.3 Å². The Kier molecular flexibility index (Phi) is 1.83. The zero-order valence-electron chi connectivity index (χ0n) is 5.05. The Morgan fingerprint density at radius 3 is 2.75 bits per heavy atom. The summed E-state index contributed by atoms with van der Waals surface area (Å²) in [5, 5.41) is 0. The van der Waals surface area contributed by atoms with Gasteiger partial charge >= 0.3 is 0 Å². The summed E-state index contributed by atoms with van der Waals surface area (Å²) in [7, 11) is 0. The molecule has 3 nitrogen and oxygen atoms in total. The van der Waals surface area contributed by atoms with Crippen molar-refractivity contribution in [2.45, 2.75) is 25.5 Å². The van der Waals surface area contributed by atoms with Gasteiger partial charge < -0.3 is 4.74 Å². The van der Waals surface area contributed by atoms with Crippen LogP contribution in [0.1, 0.15) is 13.3 Å². The van der Waals surface area contributed by atoms with Crippen LogP contribution >= 0.6 is 0 Å². The summed E-state index contributed by atoms with van der Waals surface area (Å²) >= 11 is 0. The lowest BCUT2D eigenvalue weighted by Crippen LogP contribution is -2.39. The minimum atomic E-state index is 0.292. The summed E-state index contributed by atoms with van der Waals surface area (Å²) in [5.41, 5.74) is 2.69. The summed E-state index contributed by atoms with van der Waals surface area (Å²) in [6.07, 6.45) is 1.33. The molecule has 1 rings (SSSR count). The van der Waals surface area contributed by atoms with Crippen molar-refractivity contribution < 1.29 is 4.74 Å². The van der Waals surface area contributed by atoms with Gasteiger partial charge in [-0.15, -0.1) is 0 Å². The molecule has 8 heavy (non-hydrogen) atoms. The Morgan fingerprint density at radius 2 is 2.50 bits per heavy atom. The summed E-state index contributed by atoms with van der Waals surface area (Å²) in [6.45, 7) is 2.87. The van der Waals surface area contributed by atoms with E-state index >= 15 is 0 Å². The fourth-order valence-corrected chi connectivity index (χ4v) is 0.951. The van der Waals surface area contributed by atoms with Gasteiger partial charge in [0.1, 0.15) is 0 Å². The molecule has 1 aliphatic rings. The van der Waals surface area contributed by atoms with Crippen molar-refractivity contribution in [3.8, 4) is 0 Å². The Morgan fingerprint density at radius 1 is 1.75 bits per heavy atom. The quantitative estimate of drug-likeness (QED) is 0.363. The van der Waals surface area contributed by atoms with Crippen molar-refractivity contribution in [3.05, 3.63) is 0 Å². The van der Waals surface area contributed by atoms with Crippen molar-refractivity contribution in [1.29, 1.82) is 0 Å². The van der Waals surface area contributed by atoms with E-state index in [4.69, 9.17) is 10.6 Å². The highest BCUT2D eigenvalue weighted by Gasteiger charge is 2.21. The molecule has 2 atom stereocenters. The number of hydrazine groups is 1. The van der Waals surface area contributed by atoms with E-state index < -0.39 is 0 Å². The topological polar surface area (TPSA) is 47.3 Å². The monoisotopic (exact) mass is 116 g/mol. The molecule has 0 aromatic rings. The third-order valence-electron chi connectivity index (χ3n) is 1.59. The van der Waals surface area contributed by atoms with Crippen molar-refractivity contribution in [2.24, 2.45) is 5.84 Å².